The van der Waals surface area contributed by atoms with Crippen LogP contribution in [0.1, 0.15) is 19.5 Å². The van der Waals surface area contributed by atoms with E-state index >= 15 is 0 Å². The van der Waals surface area contributed by atoms with Gasteiger partial charge in [0.2, 0.25) is 0 Å². The largest absolute Gasteiger partial charge is 0.387 e. The minimum absolute atomic E-state index is 0.154. The predicted molar refractivity (Wildman–Crippen MR) is 57.7 cm³/mol. The summed E-state index contributed by atoms with van der Waals surface area (Å²) in [6.45, 7) is 6.22. The Hall–Kier alpha value is -1.03. The highest BCUT2D eigenvalue weighted by molar-refractivity contribution is 6.31. The van der Waals surface area contributed by atoms with Gasteiger partial charge < -0.3 is 5.73 Å². The van der Waals surface area contributed by atoms with Gasteiger partial charge in [0.25, 0.3) is 0 Å². The van der Waals surface area contributed by atoms with Crippen LogP contribution in [-0.4, -0.2) is 15.6 Å². The first-order valence-electron chi connectivity index (χ1n) is 4.37. The molecule has 0 radical (unpaired) electrons. The first-order valence-corrected chi connectivity index (χ1v) is 4.75. The van der Waals surface area contributed by atoms with Gasteiger partial charge in [0, 0.05) is 11.6 Å². The molecule has 4 nitrogen and oxygen atoms in total. The lowest BCUT2D eigenvalue weighted by molar-refractivity contribution is 0.397. The van der Waals surface area contributed by atoms with E-state index in [-0.39, 0.29) is 11.3 Å². The zero-order valence-electron chi connectivity index (χ0n) is 8.63. The number of hydrogen-bond acceptors (Lipinski definition) is 2. The number of aromatic nitrogens is 2. The summed E-state index contributed by atoms with van der Waals surface area (Å²) in [5.74, 6) is 0.154. The Balaban J connectivity index is 2.84. The Morgan fingerprint density at radius 3 is 2.64 bits per heavy atom. The van der Waals surface area contributed by atoms with Crippen molar-refractivity contribution in [3.63, 3.8) is 0 Å². The topological polar surface area (TPSA) is 67.7 Å². The standard InChI is InChI=1S/C9H15ClN4/c1-6-7(10)4-14(13-6)5-9(2,3)8(11)12/h4H,5H2,1-3H3,(H3,11,12). The van der Waals surface area contributed by atoms with Gasteiger partial charge in [-0.1, -0.05) is 25.4 Å². The fraction of sp³-hybridized carbons (Fsp3) is 0.556. The number of aryl methyl sites for hydroxylation is 1. The SMILES string of the molecule is Cc1nn(CC(C)(C)C(=N)N)cc1Cl. The average molecular weight is 215 g/mol. The van der Waals surface area contributed by atoms with Crippen molar-refractivity contribution in [3.8, 4) is 0 Å². The van der Waals surface area contributed by atoms with Crippen molar-refractivity contribution in [2.75, 3.05) is 0 Å². The quantitative estimate of drug-likeness (QED) is 0.595. The third kappa shape index (κ3) is 2.26. The maximum Gasteiger partial charge on any atom is 0.0981 e. The van der Waals surface area contributed by atoms with E-state index in [0.29, 0.717) is 11.6 Å². The molecule has 1 aromatic heterocycles. The van der Waals surface area contributed by atoms with Crippen LogP contribution in [0.15, 0.2) is 6.20 Å². The van der Waals surface area contributed by atoms with Crippen molar-refractivity contribution in [1.82, 2.24) is 9.78 Å². The third-order valence-corrected chi connectivity index (χ3v) is 2.54. The molecule has 1 rings (SSSR count). The van der Waals surface area contributed by atoms with Crippen LogP contribution in [-0.2, 0) is 6.54 Å². The van der Waals surface area contributed by atoms with E-state index in [1.807, 2.05) is 20.8 Å². The number of nitrogens with zero attached hydrogens (tertiary/aromatic N) is 2. The number of nitrogens with one attached hydrogen (secondary N) is 1. The molecule has 0 saturated heterocycles. The lowest BCUT2D eigenvalue weighted by atomic mass is 9.92. The Morgan fingerprint density at radius 1 is 1.71 bits per heavy atom. The van der Waals surface area contributed by atoms with Gasteiger partial charge in [-0.2, -0.15) is 5.10 Å². The first kappa shape index (κ1) is 11.0. The minimum atomic E-state index is -0.387. The second-order valence-electron chi connectivity index (χ2n) is 4.06. The van der Waals surface area contributed by atoms with E-state index in [2.05, 4.69) is 5.10 Å². The molecule has 0 aliphatic heterocycles. The number of hydrogen-bond donors (Lipinski definition) is 2. The fourth-order valence-corrected chi connectivity index (χ4v) is 1.22. The lowest BCUT2D eigenvalue weighted by Gasteiger charge is -2.22. The molecule has 0 aromatic carbocycles. The molecule has 0 bridgehead atoms. The molecule has 0 unspecified atom stereocenters. The summed E-state index contributed by atoms with van der Waals surface area (Å²) in [5.41, 5.74) is 5.88. The minimum Gasteiger partial charge on any atom is -0.387 e. The molecule has 0 fully saturated rings. The number of amidine groups is 1. The van der Waals surface area contributed by atoms with Crippen LogP contribution in [0.25, 0.3) is 0 Å². The van der Waals surface area contributed by atoms with Gasteiger partial charge in [-0.15, -0.1) is 0 Å². The summed E-state index contributed by atoms with van der Waals surface area (Å²) in [6.07, 6.45) is 1.75. The summed E-state index contributed by atoms with van der Waals surface area (Å²) < 4.78 is 1.72. The van der Waals surface area contributed by atoms with E-state index in [9.17, 15) is 0 Å². The zero-order valence-corrected chi connectivity index (χ0v) is 9.39. The van der Waals surface area contributed by atoms with Crippen LogP contribution in [0.5, 0.6) is 0 Å². The molecule has 0 aliphatic carbocycles. The van der Waals surface area contributed by atoms with Gasteiger partial charge in [0.1, 0.15) is 0 Å². The van der Waals surface area contributed by atoms with Crippen molar-refractivity contribution in [1.29, 1.82) is 5.41 Å². The smallest absolute Gasteiger partial charge is 0.0981 e. The number of nitrogens with two attached hydrogens (primary N) is 1. The van der Waals surface area contributed by atoms with E-state index in [1.165, 1.54) is 0 Å². The van der Waals surface area contributed by atoms with Gasteiger partial charge >= 0.3 is 0 Å². The Kier molecular flexibility index (Phi) is 2.85. The summed E-state index contributed by atoms with van der Waals surface area (Å²) in [4.78, 5) is 0. The van der Waals surface area contributed by atoms with Gasteiger partial charge in [0.15, 0.2) is 0 Å². The second kappa shape index (κ2) is 3.61. The summed E-state index contributed by atoms with van der Waals surface area (Å²) in [5, 5.41) is 12.3. The normalized spacial score (nSPS) is 11.7. The molecule has 78 valence electrons. The van der Waals surface area contributed by atoms with E-state index in [4.69, 9.17) is 22.7 Å². The number of halogens is 1. The van der Waals surface area contributed by atoms with Crippen molar-refractivity contribution in [3.05, 3.63) is 16.9 Å². The molecule has 0 atom stereocenters. The van der Waals surface area contributed by atoms with Crippen LogP contribution in [0, 0.1) is 17.7 Å². The molecule has 14 heavy (non-hydrogen) atoms. The monoisotopic (exact) mass is 214 g/mol. The van der Waals surface area contributed by atoms with Crippen LogP contribution in [0.2, 0.25) is 5.02 Å². The molecule has 1 heterocycles. The highest BCUT2D eigenvalue weighted by Gasteiger charge is 2.23. The van der Waals surface area contributed by atoms with Crippen LogP contribution >= 0.6 is 11.6 Å². The van der Waals surface area contributed by atoms with Crippen molar-refractivity contribution < 1.29 is 0 Å². The maximum absolute atomic E-state index is 7.41. The predicted octanol–water partition coefficient (Wildman–Crippen LogP) is 1.81. The zero-order chi connectivity index (χ0) is 10.9. The second-order valence-corrected chi connectivity index (χ2v) is 4.46. The Labute approximate surface area is 88.6 Å². The summed E-state index contributed by atoms with van der Waals surface area (Å²) >= 11 is 5.87. The number of rotatable bonds is 3. The lowest BCUT2D eigenvalue weighted by Crippen LogP contribution is -2.35. The first-order chi connectivity index (χ1) is 6.33. The van der Waals surface area contributed by atoms with Gasteiger partial charge in [-0.05, 0) is 6.92 Å². The van der Waals surface area contributed by atoms with Crippen LogP contribution in [0.3, 0.4) is 0 Å². The molecule has 0 aliphatic rings. The van der Waals surface area contributed by atoms with Crippen molar-refractivity contribution >= 4 is 17.4 Å². The molecule has 0 spiro atoms. The highest BCUT2D eigenvalue weighted by Crippen LogP contribution is 2.19. The van der Waals surface area contributed by atoms with Crippen LogP contribution in [0.4, 0.5) is 0 Å². The molecule has 1 aromatic rings. The van der Waals surface area contributed by atoms with Crippen molar-refractivity contribution in [2.45, 2.75) is 27.3 Å². The molecule has 5 heteroatoms. The molecular weight excluding hydrogens is 200 g/mol. The van der Waals surface area contributed by atoms with Crippen LogP contribution < -0.4 is 5.73 Å². The summed E-state index contributed by atoms with van der Waals surface area (Å²) in [6, 6.07) is 0. The van der Waals surface area contributed by atoms with Gasteiger partial charge in [-0.3, -0.25) is 10.1 Å². The Morgan fingerprint density at radius 2 is 2.29 bits per heavy atom. The van der Waals surface area contributed by atoms with Gasteiger partial charge in [-0.25, -0.2) is 0 Å². The molecule has 0 amide bonds. The third-order valence-electron chi connectivity index (χ3n) is 2.17. The molecule has 3 N–H and O–H groups in total. The Bertz CT molecular complexity index is 334. The summed E-state index contributed by atoms with van der Waals surface area (Å²) in [7, 11) is 0. The van der Waals surface area contributed by atoms with E-state index in [0.717, 1.165) is 5.69 Å². The van der Waals surface area contributed by atoms with E-state index in [1.54, 1.807) is 10.9 Å². The molecule has 0 saturated carbocycles. The van der Waals surface area contributed by atoms with E-state index < -0.39 is 0 Å². The maximum atomic E-state index is 7.41. The molecular formula is C9H15ClN4. The highest BCUT2D eigenvalue weighted by atomic mass is 35.5. The average Bonchev–Trinajstić information content (AvgIpc) is 2.29. The fourth-order valence-electron chi connectivity index (χ4n) is 1.06. The van der Waals surface area contributed by atoms with Crippen molar-refractivity contribution in [2.24, 2.45) is 11.1 Å². The van der Waals surface area contributed by atoms with Gasteiger partial charge in [0.05, 0.1) is 23.1 Å².